The van der Waals surface area contributed by atoms with E-state index >= 15 is 0 Å². The fourth-order valence-electron chi connectivity index (χ4n) is 4.05. The number of methoxy groups -OCH3 is 1. The Balaban J connectivity index is 0.00000300. The molecule has 164 valence electrons. The van der Waals surface area contributed by atoms with Crippen LogP contribution in [0.3, 0.4) is 0 Å². The van der Waals surface area contributed by atoms with Crippen LogP contribution in [0.15, 0.2) is 29.3 Å². The van der Waals surface area contributed by atoms with Gasteiger partial charge in [0.25, 0.3) is 0 Å². The lowest BCUT2D eigenvalue weighted by atomic mass is 9.96. The molecule has 1 aromatic rings. The van der Waals surface area contributed by atoms with Gasteiger partial charge in [0.05, 0.1) is 12.7 Å². The van der Waals surface area contributed by atoms with Gasteiger partial charge in [0.2, 0.25) is 0 Å². The Morgan fingerprint density at radius 2 is 1.97 bits per heavy atom. The molecule has 2 aliphatic rings. The van der Waals surface area contributed by atoms with E-state index in [1.165, 1.54) is 18.4 Å². The molecule has 3 rings (SSSR count). The van der Waals surface area contributed by atoms with E-state index in [1.807, 2.05) is 19.2 Å². The lowest BCUT2D eigenvalue weighted by molar-refractivity contribution is 0.0242. The standard InChI is InChI=1S/C22H36N4O2.HI/c1-22(11-4-14-28-22)17-25-21(23-2)24-15-18-9-12-26(13-10-18)16-19-5-7-20(27-3)8-6-19;/h5-8,18H,4,9-17H2,1-3H3,(H2,23,24,25);1H. The number of nitrogens with one attached hydrogen (secondary N) is 2. The summed E-state index contributed by atoms with van der Waals surface area (Å²) in [7, 11) is 3.55. The van der Waals surface area contributed by atoms with Crippen LogP contribution in [0.1, 0.15) is 38.2 Å². The molecule has 2 heterocycles. The Bertz CT molecular complexity index is 624. The van der Waals surface area contributed by atoms with Crippen LogP contribution in [0.5, 0.6) is 5.75 Å². The lowest BCUT2D eigenvalue weighted by Crippen LogP contribution is -2.47. The third-order valence-corrected chi connectivity index (χ3v) is 5.98. The van der Waals surface area contributed by atoms with Gasteiger partial charge in [-0.15, -0.1) is 24.0 Å². The van der Waals surface area contributed by atoms with Gasteiger partial charge in [0.1, 0.15) is 5.75 Å². The van der Waals surface area contributed by atoms with E-state index in [0.717, 1.165) is 63.9 Å². The van der Waals surface area contributed by atoms with Crippen LogP contribution in [0.25, 0.3) is 0 Å². The Kier molecular flexibility index (Phi) is 9.98. The van der Waals surface area contributed by atoms with E-state index in [9.17, 15) is 0 Å². The predicted octanol–water partition coefficient (Wildman–Crippen LogP) is 3.26. The summed E-state index contributed by atoms with van der Waals surface area (Å²) in [5.41, 5.74) is 1.30. The second kappa shape index (κ2) is 12.0. The van der Waals surface area contributed by atoms with E-state index in [1.54, 1.807) is 7.11 Å². The summed E-state index contributed by atoms with van der Waals surface area (Å²) in [6.07, 6.45) is 4.71. The van der Waals surface area contributed by atoms with Crippen molar-refractivity contribution in [1.82, 2.24) is 15.5 Å². The monoisotopic (exact) mass is 516 g/mol. The molecule has 0 saturated carbocycles. The summed E-state index contributed by atoms with van der Waals surface area (Å²) in [6.45, 7) is 8.16. The maximum Gasteiger partial charge on any atom is 0.191 e. The number of likely N-dealkylation sites (tertiary alicyclic amines) is 1. The molecule has 0 bridgehead atoms. The number of guanidine groups is 1. The molecule has 6 nitrogen and oxygen atoms in total. The second-order valence-corrected chi connectivity index (χ2v) is 8.28. The Labute approximate surface area is 192 Å². The zero-order valence-electron chi connectivity index (χ0n) is 18.1. The first-order valence-corrected chi connectivity index (χ1v) is 10.5. The van der Waals surface area contributed by atoms with Crippen molar-refractivity contribution in [2.24, 2.45) is 10.9 Å². The Morgan fingerprint density at radius 3 is 2.55 bits per heavy atom. The maximum atomic E-state index is 5.85. The van der Waals surface area contributed by atoms with E-state index in [0.29, 0.717) is 5.92 Å². The molecule has 0 radical (unpaired) electrons. The molecule has 2 aliphatic heterocycles. The maximum absolute atomic E-state index is 5.85. The molecule has 2 fully saturated rings. The number of piperidine rings is 1. The SMILES string of the molecule is CN=C(NCC1CCN(Cc2ccc(OC)cc2)CC1)NCC1(C)CCCO1.I. The molecule has 2 saturated heterocycles. The highest BCUT2D eigenvalue weighted by Crippen LogP contribution is 2.24. The van der Waals surface area contributed by atoms with Gasteiger partial charge in [-0.3, -0.25) is 9.89 Å². The summed E-state index contributed by atoms with van der Waals surface area (Å²) in [6, 6.07) is 8.41. The van der Waals surface area contributed by atoms with Crippen molar-refractivity contribution in [2.75, 3.05) is 46.9 Å². The summed E-state index contributed by atoms with van der Waals surface area (Å²) >= 11 is 0. The van der Waals surface area contributed by atoms with E-state index in [4.69, 9.17) is 9.47 Å². The summed E-state index contributed by atoms with van der Waals surface area (Å²) in [5.74, 6) is 2.50. The largest absolute Gasteiger partial charge is 0.497 e. The molecule has 1 unspecified atom stereocenters. The molecule has 29 heavy (non-hydrogen) atoms. The van der Waals surface area contributed by atoms with Gasteiger partial charge in [-0.05, 0) is 69.3 Å². The van der Waals surface area contributed by atoms with Gasteiger partial charge in [0.15, 0.2) is 5.96 Å². The lowest BCUT2D eigenvalue weighted by Gasteiger charge is -2.32. The average molecular weight is 516 g/mol. The number of rotatable bonds is 7. The molecule has 0 aromatic heterocycles. The highest BCUT2D eigenvalue weighted by Gasteiger charge is 2.29. The molecular weight excluding hydrogens is 479 g/mol. The van der Waals surface area contributed by atoms with Crippen molar-refractivity contribution < 1.29 is 9.47 Å². The summed E-state index contributed by atoms with van der Waals surface area (Å²) < 4.78 is 11.1. The minimum atomic E-state index is -0.0512. The number of halogens is 1. The van der Waals surface area contributed by atoms with Crippen molar-refractivity contribution in [3.8, 4) is 5.75 Å². The van der Waals surface area contributed by atoms with Gasteiger partial charge in [-0.2, -0.15) is 0 Å². The van der Waals surface area contributed by atoms with Crippen molar-refractivity contribution in [3.63, 3.8) is 0 Å². The van der Waals surface area contributed by atoms with Crippen LogP contribution in [0.4, 0.5) is 0 Å². The van der Waals surface area contributed by atoms with Gasteiger partial charge in [-0.1, -0.05) is 12.1 Å². The molecule has 7 heteroatoms. The molecule has 0 amide bonds. The molecule has 0 spiro atoms. The average Bonchev–Trinajstić information content (AvgIpc) is 3.16. The van der Waals surface area contributed by atoms with Crippen LogP contribution < -0.4 is 15.4 Å². The minimum absolute atomic E-state index is 0. The van der Waals surface area contributed by atoms with Gasteiger partial charge in [0, 0.05) is 33.3 Å². The van der Waals surface area contributed by atoms with Gasteiger partial charge < -0.3 is 20.1 Å². The molecule has 0 aliphatic carbocycles. The molecule has 1 atom stereocenters. The first-order chi connectivity index (χ1) is 13.6. The number of hydrogen-bond donors (Lipinski definition) is 2. The van der Waals surface area contributed by atoms with E-state index in [2.05, 4.69) is 39.6 Å². The zero-order chi connectivity index (χ0) is 19.8. The zero-order valence-corrected chi connectivity index (χ0v) is 20.4. The molecule has 2 N–H and O–H groups in total. The third-order valence-electron chi connectivity index (χ3n) is 5.98. The molecule has 1 aromatic carbocycles. The number of benzene rings is 1. The molecular formula is C22H37IN4O2. The van der Waals surface area contributed by atoms with E-state index in [-0.39, 0.29) is 29.6 Å². The Hall–Kier alpha value is -1.06. The van der Waals surface area contributed by atoms with Crippen LogP contribution >= 0.6 is 24.0 Å². The van der Waals surface area contributed by atoms with Crippen molar-refractivity contribution in [2.45, 2.75) is 44.8 Å². The van der Waals surface area contributed by atoms with Crippen molar-refractivity contribution in [3.05, 3.63) is 29.8 Å². The number of ether oxygens (including phenoxy) is 2. The number of nitrogens with zero attached hydrogens (tertiary/aromatic N) is 2. The number of aliphatic imine (C=N–C) groups is 1. The van der Waals surface area contributed by atoms with Crippen molar-refractivity contribution in [1.29, 1.82) is 0 Å². The summed E-state index contributed by atoms with van der Waals surface area (Å²) in [5, 5.41) is 6.94. The van der Waals surface area contributed by atoms with Crippen LogP contribution in [0, 0.1) is 5.92 Å². The first kappa shape index (κ1) is 24.2. The van der Waals surface area contributed by atoms with Crippen LogP contribution in [-0.2, 0) is 11.3 Å². The highest BCUT2D eigenvalue weighted by atomic mass is 127. The van der Waals surface area contributed by atoms with E-state index < -0.39 is 0 Å². The number of hydrogen-bond acceptors (Lipinski definition) is 4. The van der Waals surface area contributed by atoms with Crippen LogP contribution in [0.2, 0.25) is 0 Å². The smallest absolute Gasteiger partial charge is 0.191 e. The fraction of sp³-hybridized carbons (Fsp3) is 0.682. The first-order valence-electron chi connectivity index (χ1n) is 10.5. The summed E-state index contributed by atoms with van der Waals surface area (Å²) in [4.78, 5) is 6.91. The predicted molar refractivity (Wildman–Crippen MR) is 129 cm³/mol. The quantitative estimate of drug-likeness (QED) is 0.331. The minimum Gasteiger partial charge on any atom is -0.497 e. The second-order valence-electron chi connectivity index (χ2n) is 8.28. The van der Waals surface area contributed by atoms with Crippen molar-refractivity contribution >= 4 is 29.9 Å². The fourth-order valence-corrected chi connectivity index (χ4v) is 4.05. The van der Waals surface area contributed by atoms with Gasteiger partial charge >= 0.3 is 0 Å². The Morgan fingerprint density at radius 1 is 1.24 bits per heavy atom. The van der Waals surface area contributed by atoms with Crippen LogP contribution in [-0.4, -0.2) is 63.4 Å². The third kappa shape index (κ3) is 7.61. The highest BCUT2D eigenvalue weighted by molar-refractivity contribution is 14.0. The topological polar surface area (TPSA) is 58.1 Å². The normalized spacial score (nSPS) is 23.5. The van der Waals surface area contributed by atoms with Gasteiger partial charge in [-0.25, -0.2) is 0 Å².